The SMILES string of the molecule is O=S(=O)(c1ccc(OC(F)(F)F)cc1)N(Cc1nnc(-c2ccccc2Cl)o1)C1CC1. The van der Waals surface area contributed by atoms with Crippen LogP contribution in [-0.2, 0) is 16.6 Å². The van der Waals surface area contributed by atoms with E-state index in [9.17, 15) is 21.6 Å². The van der Waals surface area contributed by atoms with Crippen LogP contribution in [0.5, 0.6) is 5.75 Å². The number of nitrogens with zero attached hydrogens (tertiary/aromatic N) is 3. The molecule has 0 unspecified atom stereocenters. The van der Waals surface area contributed by atoms with Crippen molar-refractivity contribution in [3.8, 4) is 17.2 Å². The minimum absolute atomic E-state index is 0.0717. The molecule has 1 aliphatic carbocycles. The van der Waals surface area contributed by atoms with Crippen molar-refractivity contribution in [2.75, 3.05) is 0 Å². The zero-order chi connectivity index (χ0) is 22.2. The highest BCUT2D eigenvalue weighted by Gasteiger charge is 2.39. The van der Waals surface area contributed by atoms with Gasteiger partial charge in [0.25, 0.3) is 0 Å². The molecule has 1 aliphatic rings. The third-order valence-electron chi connectivity index (χ3n) is 4.48. The van der Waals surface area contributed by atoms with Crippen LogP contribution in [0, 0.1) is 0 Å². The predicted octanol–water partition coefficient (Wildman–Crippen LogP) is 4.64. The van der Waals surface area contributed by atoms with Gasteiger partial charge in [-0.15, -0.1) is 23.4 Å². The Balaban J connectivity index is 1.56. The lowest BCUT2D eigenvalue weighted by Gasteiger charge is -2.20. The molecule has 1 heterocycles. The summed E-state index contributed by atoms with van der Waals surface area (Å²) in [6.07, 6.45) is -3.56. The first-order valence-corrected chi connectivity index (χ1v) is 10.9. The summed E-state index contributed by atoms with van der Waals surface area (Å²) >= 11 is 6.12. The average molecular weight is 474 g/mol. The van der Waals surface area contributed by atoms with Crippen molar-refractivity contribution in [2.24, 2.45) is 0 Å². The molecule has 7 nitrogen and oxygen atoms in total. The van der Waals surface area contributed by atoms with Crippen LogP contribution in [0.1, 0.15) is 18.7 Å². The second-order valence-corrected chi connectivity index (χ2v) is 9.08. The highest BCUT2D eigenvalue weighted by atomic mass is 35.5. The standard InChI is InChI=1S/C19H15ClF3N3O4S/c20-16-4-2-1-3-15(16)18-25-24-17(29-18)11-26(12-5-6-12)31(27,28)14-9-7-13(8-10-14)30-19(21,22)23/h1-4,7-10,12H,5-6,11H2. The topological polar surface area (TPSA) is 85.5 Å². The Morgan fingerprint density at radius 2 is 1.77 bits per heavy atom. The first-order chi connectivity index (χ1) is 14.6. The smallest absolute Gasteiger partial charge is 0.419 e. The number of alkyl halides is 3. The first kappa shape index (κ1) is 21.6. The summed E-state index contributed by atoms with van der Waals surface area (Å²) in [5.74, 6) is -0.282. The van der Waals surface area contributed by atoms with E-state index in [2.05, 4.69) is 14.9 Å². The molecule has 0 spiro atoms. The molecule has 0 saturated heterocycles. The van der Waals surface area contributed by atoms with Crippen molar-refractivity contribution in [2.45, 2.75) is 36.7 Å². The van der Waals surface area contributed by atoms with E-state index in [0.29, 0.717) is 23.4 Å². The van der Waals surface area contributed by atoms with Crippen LogP contribution in [0.25, 0.3) is 11.5 Å². The van der Waals surface area contributed by atoms with E-state index in [-0.39, 0.29) is 29.3 Å². The first-order valence-electron chi connectivity index (χ1n) is 9.08. The second-order valence-electron chi connectivity index (χ2n) is 6.78. The third kappa shape index (κ3) is 5.00. The Morgan fingerprint density at radius 3 is 2.39 bits per heavy atom. The quantitative estimate of drug-likeness (QED) is 0.497. The van der Waals surface area contributed by atoms with Crippen LogP contribution in [-0.4, -0.2) is 35.3 Å². The van der Waals surface area contributed by atoms with Gasteiger partial charge in [-0.3, -0.25) is 0 Å². The van der Waals surface area contributed by atoms with Gasteiger partial charge in [0.2, 0.25) is 21.8 Å². The molecule has 1 saturated carbocycles. The molecule has 164 valence electrons. The summed E-state index contributed by atoms with van der Waals surface area (Å²) in [5.41, 5.74) is 0.518. The minimum atomic E-state index is -4.86. The van der Waals surface area contributed by atoms with Gasteiger partial charge in [0.15, 0.2) is 0 Å². The van der Waals surface area contributed by atoms with Crippen LogP contribution >= 0.6 is 11.6 Å². The Hall–Kier alpha value is -2.63. The van der Waals surface area contributed by atoms with Gasteiger partial charge in [0, 0.05) is 6.04 Å². The molecule has 3 aromatic rings. The lowest BCUT2D eigenvalue weighted by atomic mass is 10.2. The molecule has 4 rings (SSSR count). The fraction of sp³-hybridized carbons (Fsp3) is 0.263. The zero-order valence-corrected chi connectivity index (χ0v) is 17.3. The predicted molar refractivity (Wildman–Crippen MR) is 104 cm³/mol. The summed E-state index contributed by atoms with van der Waals surface area (Å²) in [7, 11) is -4.02. The number of hydrogen-bond acceptors (Lipinski definition) is 6. The summed E-state index contributed by atoms with van der Waals surface area (Å²) < 4.78 is 73.8. The van der Waals surface area contributed by atoms with Crippen LogP contribution in [0.3, 0.4) is 0 Å². The van der Waals surface area contributed by atoms with Crippen molar-refractivity contribution in [3.63, 3.8) is 0 Å². The number of hydrogen-bond donors (Lipinski definition) is 0. The Labute approximate surface area is 180 Å². The van der Waals surface area contributed by atoms with Crippen LogP contribution in [0.2, 0.25) is 5.02 Å². The second kappa shape index (κ2) is 8.13. The van der Waals surface area contributed by atoms with E-state index < -0.39 is 22.1 Å². The molecule has 1 fully saturated rings. The maximum absolute atomic E-state index is 13.1. The molecule has 0 bridgehead atoms. The van der Waals surface area contributed by atoms with Gasteiger partial charge in [-0.05, 0) is 49.2 Å². The number of sulfonamides is 1. The fourth-order valence-corrected chi connectivity index (χ4v) is 4.77. The molecule has 0 N–H and O–H groups in total. The van der Waals surface area contributed by atoms with Crippen molar-refractivity contribution in [1.29, 1.82) is 0 Å². The van der Waals surface area contributed by atoms with Gasteiger partial charge < -0.3 is 9.15 Å². The van der Waals surface area contributed by atoms with Gasteiger partial charge in [-0.2, -0.15) is 4.31 Å². The van der Waals surface area contributed by atoms with Crippen LogP contribution in [0.15, 0.2) is 57.8 Å². The average Bonchev–Trinajstić information content (AvgIpc) is 3.43. The number of halogens is 4. The number of ether oxygens (including phenoxy) is 1. The van der Waals surface area contributed by atoms with E-state index in [1.165, 1.54) is 4.31 Å². The van der Waals surface area contributed by atoms with Gasteiger partial charge in [0.1, 0.15) is 5.75 Å². The lowest BCUT2D eigenvalue weighted by Crippen LogP contribution is -2.32. The third-order valence-corrected chi connectivity index (χ3v) is 6.72. The normalized spacial score (nSPS) is 14.7. The molecular formula is C19H15ClF3N3O4S. The van der Waals surface area contributed by atoms with Crippen molar-refractivity contribution >= 4 is 21.6 Å². The molecule has 0 amide bonds. The summed E-state index contributed by atoms with van der Waals surface area (Å²) in [6, 6.07) is 10.6. The highest BCUT2D eigenvalue weighted by molar-refractivity contribution is 7.89. The molecular weight excluding hydrogens is 459 g/mol. The molecule has 2 aromatic carbocycles. The van der Waals surface area contributed by atoms with Crippen molar-refractivity contribution < 1.29 is 30.7 Å². The van der Waals surface area contributed by atoms with Gasteiger partial charge >= 0.3 is 6.36 Å². The maximum Gasteiger partial charge on any atom is 0.573 e. The summed E-state index contributed by atoms with van der Waals surface area (Å²) in [5, 5.41) is 8.26. The zero-order valence-electron chi connectivity index (χ0n) is 15.7. The molecule has 12 heteroatoms. The van der Waals surface area contributed by atoms with Crippen molar-refractivity contribution in [1.82, 2.24) is 14.5 Å². The Bertz CT molecular complexity index is 1180. The Kier molecular flexibility index (Phi) is 5.67. The van der Waals surface area contributed by atoms with Crippen LogP contribution < -0.4 is 4.74 Å². The summed E-state index contributed by atoms with van der Waals surface area (Å²) in [4.78, 5) is -0.167. The van der Waals surface area contributed by atoms with E-state index in [1.54, 1.807) is 24.3 Å². The fourth-order valence-electron chi connectivity index (χ4n) is 2.92. The van der Waals surface area contributed by atoms with E-state index in [0.717, 1.165) is 24.3 Å². The minimum Gasteiger partial charge on any atom is -0.419 e. The number of aromatic nitrogens is 2. The molecule has 0 radical (unpaired) electrons. The van der Waals surface area contributed by atoms with Crippen LogP contribution in [0.4, 0.5) is 13.2 Å². The van der Waals surface area contributed by atoms with E-state index >= 15 is 0 Å². The van der Waals surface area contributed by atoms with E-state index in [1.807, 2.05) is 0 Å². The molecule has 1 aromatic heterocycles. The maximum atomic E-state index is 13.1. The number of rotatable bonds is 7. The number of benzene rings is 2. The lowest BCUT2D eigenvalue weighted by molar-refractivity contribution is -0.274. The van der Waals surface area contributed by atoms with Crippen molar-refractivity contribution in [3.05, 3.63) is 59.4 Å². The van der Waals surface area contributed by atoms with Gasteiger partial charge in [-0.1, -0.05) is 23.7 Å². The summed E-state index contributed by atoms with van der Waals surface area (Å²) in [6.45, 7) is -0.175. The van der Waals surface area contributed by atoms with E-state index in [4.69, 9.17) is 16.0 Å². The molecule has 0 atom stereocenters. The van der Waals surface area contributed by atoms with Gasteiger partial charge in [0.05, 0.1) is 22.0 Å². The largest absolute Gasteiger partial charge is 0.573 e. The highest BCUT2D eigenvalue weighted by Crippen LogP contribution is 2.35. The monoisotopic (exact) mass is 473 g/mol. The molecule has 0 aliphatic heterocycles. The Morgan fingerprint density at radius 1 is 1.10 bits per heavy atom. The van der Waals surface area contributed by atoms with Gasteiger partial charge in [-0.25, -0.2) is 8.42 Å². The molecule has 31 heavy (non-hydrogen) atoms.